The van der Waals surface area contributed by atoms with E-state index in [4.69, 9.17) is 0 Å². The molecule has 27 heavy (non-hydrogen) atoms. The zero-order valence-corrected chi connectivity index (χ0v) is 16.7. The van der Waals surface area contributed by atoms with Crippen LogP contribution in [-0.2, 0) is 9.59 Å². The van der Waals surface area contributed by atoms with Crippen molar-refractivity contribution in [1.29, 1.82) is 0 Å². The number of hydrogen-bond acceptors (Lipinski definition) is 5. The van der Waals surface area contributed by atoms with Crippen LogP contribution in [0.4, 0.5) is 5.82 Å². The minimum atomic E-state index is -0.289. The highest BCUT2D eigenvalue weighted by atomic mass is 16.2. The predicted molar refractivity (Wildman–Crippen MR) is 104 cm³/mol. The van der Waals surface area contributed by atoms with Crippen molar-refractivity contribution in [3.8, 4) is 0 Å². The van der Waals surface area contributed by atoms with Gasteiger partial charge in [-0.1, -0.05) is 20.8 Å². The molecule has 2 saturated heterocycles. The fourth-order valence-corrected chi connectivity index (χ4v) is 3.92. The van der Waals surface area contributed by atoms with Crippen molar-refractivity contribution >= 4 is 17.6 Å². The molecule has 0 bridgehead atoms. The third kappa shape index (κ3) is 4.96. The first-order valence-corrected chi connectivity index (χ1v) is 9.96. The van der Waals surface area contributed by atoms with E-state index in [-0.39, 0.29) is 23.3 Å². The summed E-state index contributed by atoms with van der Waals surface area (Å²) in [6.45, 7) is 9.88. The number of nitrogens with zero attached hydrogens (tertiary/aromatic N) is 5. The Balaban J connectivity index is 1.62. The van der Waals surface area contributed by atoms with Gasteiger partial charge in [-0.15, -0.1) is 5.10 Å². The smallest absolute Gasteiger partial charge is 0.245 e. The van der Waals surface area contributed by atoms with E-state index in [1.807, 2.05) is 21.9 Å². The van der Waals surface area contributed by atoms with Crippen LogP contribution in [0.25, 0.3) is 0 Å². The number of aromatic nitrogens is 2. The van der Waals surface area contributed by atoms with Crippen LogP contribution in [0, 0.1) is 5.41 Å². The van der Waals surface area contributed by atoms with E-state index in [9.17, 15) is 9.59 Å². The molecule has 3 heterocycles. The summed E-state index contributed by atoms with van der Waals surface area (Å²) in [6, 6.07) is 3.55. The molecule has 0 saturated carbocycles. The van der Waals surface area contributed by atoms with Crippen LogP contribution in [0.15, 0.2) is 18.3 Å². The van der Waals surface area contributed by atoms with Crippen molar-refractivity contribution in [3.63, 3.8) is 0 Å². The van der Waals surface area contributed by atoms with Crippen molar-refractivity contribution in [2.45, 2.75) is 52.5 Å². The molecule has 2 aliphatic heterocycles. The van der Waals surface area contributed by atoms with Gasteiger partial charge in [0, 0.05) is 45.3 Å². The van der Waals surface area contributed by atoms with Gasteiger partial charge >= 0.3 is 0 Å². The second-order valence-corrected chi connectivity index (χ2v) is 8.73. The first-order valence-electron chi connectivity index (χ1n) is 9.96. The highest BCUT2D eigenvalue weighted by Crippen LogP contribution is 2.26. The average Bonchev–Trinajstić information content (AvgIpc) is 2.98. The maximum atomic E-state index is 13.2. The maximum absolute atomic E-state index is 13.2. The summed E-state index contributed by atoms with van der Waals surface area (Å²) in [6.07, 6.45) is 4.73. The van der Waals surface area contributed by atoms with Gasteiger partial charge in [-0.2, -0.15) is 5.10 Å². The molecule has 148 valence electrons. The molecule has 0 aromatic carbocycles. The number of anilines is 1. The van der Waals surface area contributed by atoms with Gasteiger partial charge in [0.25, 0.3) is 0 Å². The quantitative estimate of drug-likeness (QED) is 0.810. The molecule has 7 nitrogen and oxygen atoms in total. The fourth-order valence-electron chi connectivity index (χ4n) is 3.92. The monoisotopic (exact) mass is 373 g/mol. The Kier molecular flexibility index (Phi) is 5.97. The summed E-state index contributed by atoms with van der Waals surface area (Å²) >= 11 is 0. The molecular weight excluding hydrogens is 342 g/mol. The molecule has 0 spiro atoms. The predicted octanol–water partition coefficient (Wildman–Crippen LogP) is 1.94. The normalized spacial score (nSPS) is 21.3. The summed E-state index contributed by atoms with van der Waals surface area (Å²) in [7, 11) is 0. The molecule has 2 amide bonds. The van der Waals surface area contributed by atoms with Crippen LogP contribution in [0.1, 0.15) is 46.5 Å². The third-order valence-electron chi connectivity index (χ3n) is 5.23. The minimum absolute atomic E-state index is 0.0624. The van der Waals surface area contributed by atoms with Gasteiger partial charge in [0.1, 0.15) is 6.04 Å². The highest BCUT2D eigenvalue weighted by Gasteiger charge is 2.37. The molecule has 7 heteroatoms. The number of carbonyl (C=O) groups excluding carboxylic acids is 2. The lowest BCUT2D eigenvalue weighted by molar-refractivity contribution is -0.144. The lowest BCUT2D eigenvalue weighted by atomic mass is 9.91. The van der Waals surface area contributed by atoms with Crippen LogP contribution in [0.5, 0.6) is 0 Å². The van der Waals surface area contributed by atoms with Gasteiger partial charge in [-0.25, -0.2) is 0 Å². The van der Waals surface area contributed by atoms with Crippen molar-refractivity contribution < 1.29 is 9.59 Å². The van der Waals surface area contributed by atoms with Gasteiger partial charge < -0.3 is 14.7 Å². The molecule has 1 atom stereocenters. The Morgan fingerprint density at radius 1 is 1.11 bits per heavy atom. The molecule has 1 aromatic heterocycles. The lowest BCUT2D eigenvalue weighted by Crippen LogP contribution is -2.49. The van der Waals surface area contributed by atoms with Gasteiger partial charge in [0.15, 0.2) is 5.82 Å². The van der Waals surface area contributed by atoms with Crippen molar-refractivity contribution in [2.75, 3.05) is 37.6 Å². The Morgan fingerprint density at radius 2 is 1.93 bits per heavy atom. The third-order valence-corrected chi connectivity index (χ3v) is 5.23. The van der Waals surface area contributed by atoms with Crippen molar-refractivity contribution in [1.82, 2.24) is 20.0 Å². The van der Waals surface area contributed by atoms with E-state index < -0.39 is 0 Å². The van der Waals surface area contributed by atoms with Gasteiger partial charge in [-0.3, -0.25) is 9.59 Å². The Bertz CT molecular complexity index is 658. The van der Waals surface area contributed by atoms with E-state index in [0.29, 0.717) is 19.5 Å². The average molecular weight is 374 g/mol. The summed E-state index contributed by atoms with van der Waals surface area (Å²) < 4.78 is 0. The molecule has 2 aliphatic rings. The van der Waals surface area contributed by atoms with Crippen molar-refractivity contribution in [3.05, 3.63) is 18.3 Å². The number of rotatable bonds is 3. The minimum Gasteiger partial charge on any atom is -0.353 e. The van der Waals surface area contributed by atoms with E-state index in [2.05, 4.69) is 35.9 Å². The summed E-state index contributed by atoms with van der Waals surface area (Å²) in [5.41, 5.74) is -0.0624. The molecule has 0 aliphatic carbocycles. The van der Waals surface area contributed by atoms with Gasteiger partial charge in [0.05, 0.1) is 0 Å². The lowest BCUT2D eigenvalue weighted by Gasteiger charge is -2.31. The molecule has 0 N–H and O–H groups in total. The molecule has 3 rings (SSSR count). The fraction of sp³-hybridized carbons (Fsp3) is 0.700. The highest BCUT2D eigenvalue weighted by molar-refractivity contribution is 5.88. The Hall–Kier alpha value is -2.18. The molecule has 0 radical (unpaired) electrons. The first kappa shape index (κ1) is 19.6. The standard InChI is InChI=1S/C20H31N5O2/c1-20(2,3)15-18(26)25-12-5-7-16(25)19(27)24-11-6-10-23(13-14-24)17-8-4-9-21-22-17/h4,8-9,16H,5-7,10-15H2,1-3H3. The summed E-state index contributed by atoms with van der Waals surface area (Å²) in [4.78, 5) is 31.8. The Labute approximate surface area is 161 Å². The number of likely N-dealkylation sites (tertiary alicyclic amines) is 1. The van der Waals surface area contributed by atoms with E-state index in [1.54, 1.807) is 6.20 Å². The van der Waals surface area contributed by atoms with Crippen LogP contribution < -0.4 is 4.90 Å². The second kappa shape index (κ2) is 8.23. The second-order valence-electron chi connectivity index (χ2n) is 8.73. The van der Waals surface area contributed by atoms with Crippen LogP contribution in [0.3, 0.4) is 0 Å². The number of amides is 2. The zero-order chi connectivity index (χ0) is 19.4. The van der Waals surface area contributed by atoms with Crippen molar-refractivity contribution in [2.24, 2.45) is 5.41 Å². The zero-order valence-electron chi connectivity index (χ0n) is 16.7. The molecule has 2 fully saturated rings. The van der Waals surface area contributed by atoms with Crippen LogP contribution >= 0.6 is 0 Å². The largest absolute Gasteiger partial charge is 0.353 e. The van der Waals surface area contributed by atoms with Gasteiger partial charge in [-0.05, 0) is 36.8 Å². The molecular formula is C20H31N5O2. The van der Waals surface area contributed by atoms with Gasteiger partial charge in [0.2, 0.25) is 11.8 Å². The van der Waals surface area contributed by atoms with Crippen LogP contribution in [-0.4, -0.2) is 70.6 Å². The molecule has 1 aromatic rings. The summed E-state index contributed by atoms with van der Waals surface area (Å²) in [5.74, 6) is 1.07. The SMILES string of the molecule is CC(C)(C)CC(=O)N1CCCC1C(=O)N1CCCN(c2cccnn2)CC1. The van der Waals surface area contributed by atoms with Crippen LogP contribution in [0.2, 0.25) is 0 Å². The number of carbonyl (C=O) groups is 2. The van der Waals surface area contributed by atoms with E-state index >= 15 is 0 Å². The first-order chi connectivity index (χ1) is 12.8. The summed E-state index contributed by atoms with van der Waals surface area (Å²) in [5, 5.41) is 8.13. The maximum Gasteiger partial charge on any atom is 0.245 e. The van der Waals surface area contributed by atoms with E-state index in [0.717, 1.165) is 44.7 Å². The molecule has 1 unspecified atom stereocenters. The van der Waals surface area contributed by atoms with E-state index in [1.165, 1.54) is 0 Å². The topological polar surface area (TPSA) is 69.6 Å². The Morgan fingerprint density at radius 3 is 2.63 bits per heavy atom. The number of hydrogen-bond donors (Lipinski definition) is 0.